The number of methoxy groups -OCH3 is 1. The molecule has 0 saturated heterocycles. The first-order chi connectivity index (χ1) is 55.9. The van der Waals surface area contributed by atoms with Gasteiger partial charge in [0.1, 0.15) is 18.7 Å². The number of rotatable bonds is 88. The molecule has 0 spiro atoms. The number of hydrogen-bond donors (Lipinski definition) is 4. The third kappa shape index (κ3) is 76.7. The minimum Gasteiger partial charge on any atom is -0.460 e. The summed E-state index contributed by atoms with van der Waals surface area (Å²) in [6, 6.07) is 5.14. The van der Waals surface area contributed by atoms with Crippen LogP contribution in [0.2, 0.25) is 0 Å². The molecule has 0 saturated carbocycles. The van der Waals surface area contributed by atoms with Gasteiger partial charge in [-0.3, -0.25) is 24.0 Å². The SMILES string of the molecule is COCCOCCOCCOCCOCCOCCOCCOCCOCCOCCOCCOCCOCCOCCOCCOCCOCCOCCOCCOCCOCCOCCOCCOCCC(=O)NCCCC[C@H](NC(=O)[C@@H](NC(=O)CCCC(C)(C)C)C(C)C)C(=O)Nc1ccc(COC(=O)C(C)(C)C)cc1. The van der Waals surface area contributed by atoms with E-state index in [1.807, 2.05) is 13.8 Å². The van der Waals surface area contributed by atoms with Gasteiger partial charge in [-0.05, 0) is 81.9 Å². The fourth-order valence-corrected chi connectivity index (χ4v) is 9.41. The quantitative estimate of drug-likeness (QED) is 0.0477. The maximum atomic E-state index is 13.7. The topological polar surface area (TPSA) is 364 Å². The van der Waals surface area contributed by atoms with E-state index in [0.717, 1.165) is 12.0 Å². The molecule has 0 aliphatic carbocycles. The molecular weight excluding hydrogens is 1510 g/mol. The van der Waals surface area contributed by atoms with E-state index < -0.39 is 29.3 Å². The van der Waals surface area contributed by atoms with E-state index in [1.165, 1.54) is 0 Å². The van der Waals surface area contributed by atoms with Crippen LogP contribution in [0.3, 0.4) is 0 Å². The smallest absolute Gasteiger partial charge is 0.311 e. The van der Waals surface area contributed by atoms with Crippen LogP contribution in [-0.2, 0) is 149 Å². The summed E-state index contributed by atoms with van der Waals surface area (Å²) in [5, 5.41) is 11.5. The summed E-state index contributed by atoms with van der Waals surface area (Å²) < 4.78 is 137. The average Bonchev–Trinajstić information content (AvgIpc) is 0.858. The van der Waals surface area contributed by atoms with Gasteiger partial charge in [0.2, 0.25) is 23.6 Å². The van der Waals surface area contributed by atoms with E-state index in [4.69, 9.17) is 118 Å². The Morgan fingerprint density at radius 1 is 0.330 bits per heavy atom. The van der Waals surface area contributed by atoms with Crippen molar-refractivity contribution in [3.05, 3.63) is 29.8 Å². The molecule has 0 aliphatic rings. The third-order valence-corrected chi connectivity index (χ3v) is 15.8. The van der Waals surface area contributed by atoms with Crippen LogP contribution >= 0.6 is 0 Å². The molecular formula is C81H150N4O30. The summed E-state index contributed by atoms with van der Waals surface area (Å²) >= 11 is 0. The standard InChI is InChI=1S/C81H150N4O30/c1-70(2)76(85-75(87)14-12-20-80(3,4)5)78(89)84-73(77(88)83-72-17-15-71(16-18-72)69-115-79(90)81(6,7)8)13-10-11-21-82-74(86)19-22-92-25-26-94-29-30-96-33-34-98-37-38-100-41-42-102-45-46-104-49-50-106-53-54-108-57-58-110-61-62-112-65-66-114-68-67-113-64-63-111-60-59-109-56-55-107-52-51-105-48-47-103-44-43-101-40-39-99-36-35-97-32-31-95-28-27-93-24-23-91-9/h15-18,70,73,76H,10-14,19-69H2,1-9H3,(H,82,86)(H,83,88)(H,84,89)(H,85,87)/t73-,76-/m0/s1. The fraction of sp³-hybridized carbons (Fsp3) is 0.864. The average molecular weight is 1660 g/mol. The summed E-state index contributed by atoms with van der Waals surface area (Å²) in [6.07, 6.45) is 3.34. The van der Waals surface area contributed by atoms with Crippen LogP contribution in [0.4, 0.5) is 5.69 Å². The number of nitrogens with one attached hydrogen (secondary N) is 4. The van der Waals surface area contributed by atoms with Crippen LogP contribution in [0.5, 0.6) is 0 Å². The van der Waals surface area contributed by atoms with Gasteiger partial charge >= 0.3 is 5.97 Å². The number of amides is 4. The first-order valence-electron chi connectivity index (χ1n) is 41.1. The molecule has 1 aromatic rings. The first-order valence-corrected chi connectivity index (χ1v) is 41.1. The van der Waals surface area contributed by atoms with Gasteiger partial charge in [0, 0.05) is 32.2 Å². The van der Waals surface area contributed by atoms with Gasteiger partial charge in [0.25, 0.3) is 0 Å². The molecule has 0 bridgehead atoms. The number of anilines is 1. The highest BCUT2D eigenvalue weighted by Crippen LogP contribution is 2.22. The molecule has 0 fully saturated rings. The van der Waals surface area contributed by atoms with Crippen molar-refractivity contribution in [3.63, 3.8) is 0 Å². The predicted molar refractivity (Wildman–Crippen MR) is 429 cm³/mol. The molecule has 1 rings (SSSR count). The van der Waals surface area contributed by atoms with Gasteiger partial charge in [0.05, 0.1) is 316 Å². The molecule has 115 heavy (non-hydrogen) atoms. The Balaban J connectivity index is 1.84. The molecule has 0 aliphatic heterocycles. The molecule has 2 atom stereocenters. The molecule has 4 amide bonds. The van der Waals surface area contributed by atoms with E-state index >= 15 is 0 Å². The number of esters is 1. The molecule has 0 aromatic heterocycles. The number of unbranched alkanes of at least 4 members (excludes halogenated alkanes) is 1. The zero-order valence-electron chi connectivity index (χ0n) is 71.4. The van der Waals surface area contributed by atoms with Gasteiger partial charge in [-0.25, -0.2) is 0 Å². The normalized spacial score (nSPS) is 12.4. The summed E-state index contributed by atoms with van der Waals surface area (Å²) in [5.41, 5.74) is 0.688. The number of hydrogen-bond acceptors (Lipinski definition) is 30. The van der Waals surface area contributed by atoms with E-state index in [1.54, 1.807) is 52.1 Å². The van der Waals surface area contributed by atoms with Crippen LogP contribution in [-0.4, -0.2) is 366 Å². The van der Waals surface area contributed by atoms with Crippen molar-refractivity contribution in [1.82, 2.24) is 16.0 Å². The second-order valence-electron chi connectivity index (χ2n) is 28.4. The monoisotopic (exact) mass is 1660 g/mol. The van der Waals surface area contributed by atoms with Crippen LogP contribution in [0, 0.1) is 16.7 Å². The molecule has 34 nitrogen and oxygen atoms in total. The lowest BCUT2D eigenvalue weighted by Crippen LogP contribution is -2.54. The zero-order valence-corrected chi connectivity index (χ0v) is 71.4. The maximum absolute atomic E-state index is 13.7. The third-order valence-electron chi connectivity index (χ3n) is 15.8. The maximum Gasteiger partial charge on any atom is 0.311 e. The molecule has 0 radical (unpaired) electrons. The number of benzene rings is 1. The summed E-state index contributed by atoms with van der Waals surface area (Å²) in [6.45, 7) is 37.7. The summed E-state index contributed by atoms with van der Waals surface area (Å²) in [7, 11) is 1.64. The van der Waals surface area contributed by atoms with Crippen molar-refractivity contribution >= 4 is 35.3 Å². The van der Waals surface area contributed by atoms with Crippen LogP contribution in [0.15, 0.2) is 24.3 Å². The lowest BCUT2D eigenvalue weighted by molar-refractivity contribution is -0.154. The van der Waals surface area contributed by atoms with Crippen molar-refractivity contribution in [1.29, 1.82) is 0 Å². The highest BCUT2D eigenvalue weighted by atomic mass is 16.6. The highest BCUT2D eigenvalue weighted by Gasteiger charge is 2.29. The van der Waals surface area contributed by atoms with E-state index in [9.17, 15) is 24.0 Å². The summed E-state index contributed by atoms with van der Waals surface area (Å²) in [4.78, 5) is 65.2. The molecule has 674 valence electrons. The van der Waals surface area contributed by atoms with Gasteiger partial charge < -0.3 is 140 Å². The van der Waals surface area contributed by atoms with Crippen molar-refractivity contribution in [3.8, 4) is 0 Å². The van der Waals surface area contributed by atoms with Crippen LogP contribution in [0.1, 0.15) is 106 Å². The largest absolute Gasteiger partial charge is 0.460 e. The Kier molecular flexibility index (Phi) is 76.2. The zero-order chi connectivity index (χ0) is 83.7. The molecule has 1 aromatic carbocycles. The van der Waals surface area contributed by atoms with Crippen molar-refractivity contribution in [2.75, 3.05) is 329 Å². The van der Waals surface area contributed by atoms with Crippen molar-refractivity contribution in [2.45, 2.75) is 119 Å². The van der Waals surface area contributed by atoms with Crippen LogP contribution in [0.25, 0.3) is 0 Å². The Hall–Kier alpha value is -4.39. The summed E-state index contributed by atoms with van der Waals surface area (Å²) in [5.74, 6) is -1.84. The van der Waals surface area contributed by atoms with Crippen LogP contribution < -0.4 is 21.3 Å². The Morgan fingerprint density at radius 3 is 0.887 bits per heavy atom. The second kappa shape index (κ2) is 80.7. The predicted octanol–water partition coefficient (Wildman–Crippen LogP) is 5.26. The number of carbonyl (C=O) groups is 5. The number of ether oxygens (including phenoxy) is 25. The van der Waals surface area contributed by atoms with Gasteiger partial charge in [-0.1, -0.05) is 46.8 Å². The fourth-order valence-electron chi connectivity index (χ4n) is 9.41. The lowest BCUT2D eigenvalue weighted by atomic mass is 9.90. The highest BCUT2D eigenvalue weighted by molar-refractivity contribution is 5.98. The Morgan fingerprint density at radius 2 is 0.617 bits per heavy atom. The van der Waals surface area contributed by atoms with Gasteiger partial charge in [-0.2, -0.15) is 0 Å². The minimum absolute atomic E-state index is 0.0797. The van der Waals surface area contributed by atoms with E-state index in [0.29, 0.717) is 342 Å². The lowest BCUT2D eigenvalue weighted by Gasteiger charge is -2.26. The van der Waals surface area contributed by atoms with Crippen molar-refractivity contribution < 1.29 is 142 Å². The molecule has 0 unspecified atom stereocenters. The minimum atomic E-state index is -0.930. The van der Waals surface area contributed by atoms with E-state index in [-0.39, 0.29) is 55.2 Å². The van der Waals surface area contributed by atoms with Gasteiger partial charge in [-0.15, -0.1) is 0 Å². The number of carbonyl (C=O) groups excluding carboxylic acids is 5. The van der Waals surface area contributed by atoms with Crippen molar-refractivity contribution in [2.24, 2.45) is 16.7 Å². The molecule has 0 heterocycles. The Bertz CT molecular complexity index is 2350. The molecule has 34 heteroatoms. The van der Waals surface area contributed by atoms with Gasteiger partial charge in [0.15, 0.2) is 0 Å². The first kappa shape index (κ1) is 109. The second-order valence-corrected chi connectivity index (χ2v) is 28.4. The molecule has 4 N–H and O–H groups in total. The van der Waals surface area contributed by atoms with E-state index in [2.05, 4.69) is 42.0 Å². The Labute approximate surface area is 686 Å².